The molecular weight excluding hydrogens is 388 g/mol. The predicted octanol–water partition coefficient (Wildman–Crippen LogP) is 3.52. The second-order valence-corrected chi connectivity index (χ2v) is 8.50. The lowest BCUT2D eigenvalue weighted by atomic mass is 9.96. The van der Waals surface area contributed by atoms with E-state index in [1.54, 1.807) is 18.7 Å². The van der Waals surface area contributed by atoms with Crippen LogP contribution in [0.25, 0.3) is 17.2 Å². The fraction of sp³-hybridized carbons (Fsp3) is 0.417. The minimum atomic E-state index is 0.356. The number of allylic oxidation sites excluding steroid dienone is 1. The highest BCUT2D eigenvalue weighted by molar-refractivity contribution is 6.04. The maximum Gasteiger partial charge on any atom is 0.243 e. The molecule has 2 aromatic heterocycles. The molecular formula is C24H28N6O. The molecule has 31 heavy (non-hydrogen) atoms. The zero-order valence-corrected chi connectivity index (χ0v) is 17.9. The average molecular weight is 417 g/mol. The first-order valence-electron chi connectivity index (χ1n) is 11.1. The van der Waals surface area contributed by atoms with E-state index in [1.165, 1.54) is 56.2 Å². The van der Waals surface area contributed by atoms with Crippen molar-refractivity contribution in [1.29, 1.82) is 0 Å². The zero-order valence-electron chi connectivity index (χ0n) is 17.9. The normalized spacial score (nSPS) is 21.4. The third-order valence-corrected chi connectivity index (χ3v) is 6.38. The van der Waals surface area contributed by atoms with E-state index in [0.29, 0.717) is 11.5 Å². The SMILES string of the molecule is CC1=NC(=Cc2ccoc(=NN)c2-c2cncnc2)C(C2CC2)=C1CCN1CCCC1. The van der Waals surface area contributed by atoms with Crippen molar-refractivity contribution in [3.05, 3.63) is 59.0 Å². The van der Waals surface area contributed by atoms with Crippen molar-refractivity contribution in [2.24, 2.45) is 21.9 Å². The molecule has 2 aliphatic heterocycles. The molecule has 0 atom stereocenters. The van der Waals surface area contributed by atoms with E-state index in [0.717, 1.165) is 41.1 Å². The van der Waals surface area contributed by atoms with Gasteiger partial charge in [0.15, 0.2) is 0 Å². The van der Waals surface area contributed by atoms with E-state index in [1.807, 2.05) is 6.07 Å². The number of nitrogens with two attached hydrogens (primary N) is 1. The van der Waals surface area contributed by atoms with Crippen LogP contribution in [0, 0.1) is 5.92 Å². The van der Waals surface area contributed by atoms with E-state index in [2.05, 4.69) is 33.0 Å². The van der Waals surface area contributed by atoms with Gasteiger partial charge in [0.25, 0.3) is 0 Å². The molecule has 0 radical (unpaired) electrons. The summed E-state index contributed by atoms with van der Waals surface area (Å²) in [6.45, 7) is 5.73. The lowest BCUT2D eigenvalue weighted by Crippen LogP contribution is -2.21. The van der Waals surface area contributed by atoms with Crippen LogP contribution in [0.3, 0.4) is 0 Å². The van der Waals surface area contributed by atoms with Crippen molar-refractivity contribution in [3.63, 3.8) is 0 Å². The Bertz CT molecular complexity index is 1120. The summed E-state index contributed by atoms with van der Waals surface area (Å²) >= 11 is 0. The van der Waals surface area contributed by atoms with Crippen molar-refractivity contribution in [2.75, 3.05) is 19.6 Å². The number of hydrogen-bond donors (Lipinski definition) is 1. The Labute approximate surface area is 182 Å². The molecule has 7 heteroatoms. The van der Waals surface area contributed by atoms with Crippen molar-refractivity contribution in [1.82, 2.24) is 14.9 Å². The lowest BCUT2D eigenvalue weighted by molar-refractivity contribution is 0.344. The van der Waals surface area contributed by atoms with Crippen LogP contribution in [0.5, 0.6) is 0 Å². The van der Waals surface area contributed by atoms with Gasteiger partial charge < -0.3 is 15.2 Å². The van der Waals surface area contributed by atoms with Gasteiger partial charge in [-0.25, -0.2) is 9.97 Å². The molecule has 1 aliphatic carbocycles. The standard InChI is InChI=1S/C24H28N6O/c1-16-20(6-10-30-8-2-3-9-30)23(17-4-5-17)21(28-16)12-18-7-11-31-24(29-25)22(18)19-13-26-15-27-14-19/h7,11-15,17H,2-6,8-10,25H2,1H3. The highest BCUT2D eigenvalue weighted by Crippen LogP contribution is 2.46. The van der Waals surface area contributed by atoms with Crippen LogP contribution in [-0.2, 0) is 0 Å². The Morgan fingerprint density at radius 3 is 2.71 bits per heavy atom. The molecule has 0 bridgehead atoms. The molecule has 1 saturated heterocycles. The van der Waals surface area contributed by atoms with Crippen LogP contribution in [0.2, 0.25) is 0 Å². The highest BCUT2D eigenvalue weighted by Gasteiger charge is 2.34. The van der Waals surface area contributed by atoms with E-state index >= 15 is 0 Å². The van der Waals surface area contributed by atoms with Gasteiger partial charge in [-0.3, -0.25) is 4.99 Å². The molecule has 0 aromatic carbocycles. The Hall–Kier alpha value is -3.06. The van der Waals surface area contributed by atoms with Gasteiger partial charge in [0, 0.05) is 30.2 Å². The molecule has 3 aliphatic rings. The number of hydrogen-bond acceptors (Lipinski definition) is 7. The number of nitrogens with zero attached hydrogens (tertiary/aromatic N) is 5. The predicted molar refractivity (Wildman–Crippen MR) is 121 cm³/mol. The van der Waals surface area contributed by atoms with Crippen LogP contribution >= 0.6 is 0 Å². The van der Waals surface area contributed by atoms with Gasteiger partial charge in [0.05, 0.1) is 17.5 Å². The Balaban J connectivity index is 1.55. The summed E-state index contributed by atoms with van der Waals surface area (Å²) in [6.07, 6.45) is 15.0. The fourth-order valence-electron chi connectivity index (χ4n) is 4.71. The van der Waals surface area contributed by atoms with Crippen molar-refractivity contribution < 1.29 is 4.42 Å². The second-order valence-electron chi connectivity index (χ2n) is 8.50. The van der Waals surface area contributed by atoms with Gasteiger partial charge >= 0.3 is 0 Å². The largest absolute Gasteiger partial charge is 0.445 e. The minimum absolute atomic E-state index is 0.356. The summed E-state index contributed by atoms with van der Waals surface area (Å²) in [6, 6.07) is 1.93. The molecule has 5 rings (SSSR count). The molecule has 2 fully saturated rings. The molecule has 0 spiro atoms. The quantitative estimate of drug-likeness (QED) is 0.574. The molecule has 160 valence electrons. The third kappa shape index (κ3) is 4.10. The van der Waals surface area contributed by atoms with Crippen LogP contribution in [0.1, 0.15) is 44.6 Å². The van der Waals surface area contributed by atoms with Crippen molar-refractivity contribution >= 4 is 11.8 Å². The summed E-state index contributed by atoms with van der Waals surface area (Å²) in [4.78, 5) is 15.9. The van der Waals surface area contributed by atoms with E-state index < -0.39 is 0 Å². The van der Waals surface area contributed by atoms with Gasteiger partial charge in [0.2, 0.25) is 5.55 Å². The molecule has 4 heterocycles. The molecule has 1 saturated carbocycles. The number of aromatic nitrogens is 2. The summed E-state index contributed by atoms with van der Waals surface area (Å²) < 4.78 is 5.56. The second kappa shape index (κ2) is 8.59. The molecule has 0 amide bonds. The first-order valence-corrected chi connectivity index (χ1v) is 11.1. The Kier molecular flexibility index (Phi) is 5.51. The van der Waals surface area contributed by atoms with Gasteiger partial charge in [-0.15, -0.1) is 5.10 Å². The van der Waals surface area contributed by atoms with Crippen molar-refractivity contribution in [3.8, 4) is 11.1 Å². The van der Waals surface area contributed by atoms with E-state index in [-0.39, 0.29) is 0 Å². The van der Waals surface area contributed by atoms with Crippen LogP contribution < -0.4 is 11.4 Å². The smallest absolute Gasteiger partial charge is 0.243 e. The van der Waals surface area contributed by atoms with Crippen LogP contribution in [-0.4, -0.2) is 40.2 Å². The molecule has 2 aromatic rings. The average Bonchev–Trinajstić information content (AvgIpc) is 3.40. The monoisotopic (exact) mass is 416 g/mol. The third-order valence-electron chi connectivity index (χ3n) is 6.38. The fourth-order valence-corrected chi connectivity index (χ4v) is 4.71. The topological polar surface area (TPSA) is 92.9 Å². The molecule has 7 nitrogen and oxygen atoms in total. The summed E-state index contributed by atoms with van der Waals surface area (Å²) in [5.41, 5.74) is 7.99. The Morgan fingerprint density at radius 2 is 2.00 bits per heavy atom. The first-order chi connectivity index (χ1) is 15.2. The minimum Gasteiger partial charge on any atom is -0.445 e. The highest BCUT2D eigenvalue weighted by atomic mass is 16.3. The van der Waals surface area contributed by atoms with E-state index in [9.17, 15) is 0 Å². The molecule has 0 unspecified atom stereocenters. The Morgan fingerprint density at radius 1 is 1.23 bits per heavy atom. The van der Waals surface area contributed by atoms with Gasteiger partial charge in [-0.05, 0) is 86.9 Å². The lowest BCUT2D eigenvalue weighted by Gasteiger charge is -2.16. The number of aliphatic imine (C=N–C) groups is 1. The summed E-state index contributed by atoms with van der Waals surface area (Å²) in [5.74, 6) is 6.24. The zero-order chi connectivity index (χ0) is 21.2. The number of rotatable bonds is 6. The van der Waals surface area contributed by atoms with Crippen molar-refractivity contribution in [2.45, 2.75) is 39.0 Å². The number of likely N-dealkylation sites (tertiary alicyclic amines) is 1. The summed E-state index contributed by atoms with van der Waals surface area (Å²) in [7, 11) is 0. The maximum absolute atomic E-state index is 5.62. The van der Waals surface area contributed by atoms with Gasteiger partial charge in [-0.1, -0.05) is 0 Å². The van der Waals surface area contributed by atoms with E-state index in [4.69, 9.17) is 15.3 Å². The van der Waals surface area contributed by atoms with Crippen LogP contribution in [0.15, 0.2) is 62.4 Å². The first kappa shape index (κ1) is 19.9. The maximum atomic E-state index is 5.62. The van der Waals surface area contributed by atoms with Crippen LogP contribution in [0.4, 0.5) is 0 Å². The van der Waals surface area contributed by atoms with Gasteiger partial charge in [0.1, 0.15) is 6.33 Å². The molecule has 2 N–H and O–H groups in total. The van der Waals surface area contributed by atoms with Gasteiger partial charge in [-0.2, -0.15) is 0 Å². The summed E-state index contributed by atoms with van der Waals surface area (Å²) in [5, 5.41) is 3.85.